The van der Waals surface area contributed by atoms with Gasteiger partial charge in [0.15, 0.2) is 0 Å². The lowest BCUT2D eigenvalue weighted by atomic mass is 9.77. The van der Waals surface area contributed by atoms with Crippen LogP contribution in [0.2, 0.25) is 0 Å². The second kappa shape index (κ2) is 6.48. The van der Waals surface area contributed by atoms with Crippen LogP contribution in [0.5, 0.6) is 0 Å². The lowest BCUT2D eigenvalue weighted by Gasteiger charge is -2.45. The van der Waals surface area contributed by atoms with E-state index in [9.17, 15) is 15.2 Å². The number of aliphatic carboxylic acids is 1. The van der Waals surface area contributed by atoms with Crippen molar-refractivity contribution in [1.82, 2.24) is 0 Å². The largest absolute Gasteiger partial charge is 0.481 e. The molecule has 1 aliphatic rings. The first-order valence-corrected chi connectivity index (χ1v) is 7.93. The van der Waals surface area contributed by atoms with Crippen LogP contribution in [0.1, 0.15) is 44.1 Å². The normalized spacial score (nSPS) is 17.0. The van der Waals surface area contributed by atoms with E-state index in [1.807, 2.05) is 24.1 Å². The highest BCUT2D eigenvalue weighted by molar-refractivity contribution is 9.10. The Morgan fingerprint density at radius 1 is 1.43 bits per heavy atom. The fourth-order valence-corrected chi connectivity index (χ4v) is 3.63. The van der Waals surface area contributed by atoms with Crippen LogP contribution in [-0.2, 0) is 4.79 Å². The van der Waals surface area contributed by atoms with Crippen molar-refractivity contribution in [2.75, 3.05) is 11.9 Å². The number of carbonyl (C=O) groups is 1. The maximum absolute atomic E-state index is 11.3. The zero-order chi connectivity index (χ0) is 15.5. The predicted molar refractivity (Wildman–Crippen MR) is 85.3 cm³/mol. The van der Waals surface area contributed by atoms with Crippen LogP contribution >= 0.6 is 15.9 Å². The van der Waals surface area contributed by atoms with Gasteiger partial charge in [0.2, 0.25) is 0 Å². The van der Waals surface area contributed by atoms with E-state index in [0.29, 0.717) is 5.56 Å². The zero-order valence-corrected chi connectivity index (χ0v) is 13.7. The summed E-state index contributed by atoms with van der Waals surface area (Å²) in [6.07, 6.45) is 5.06. The maximum Gasteiger partial charge on any atom is 0.305 e. The van der Waals surface area contributed by atoms with Gasteiger partial charge in [0.05, 0.1) is 23.2 Å². The molecule has 0 saturated heterocycles. The molecule has 1 fully saturated rings. The van der Waals surface area contributed by atoms with Crippen molar-refractivity contribution in [2.24, 2.45) is 0 Å². The van der Waals surface area contributed by atoms with Crippen LogP contribution in [0, 0.1) is 11.3 Å². The Bertz CT molecular complexity index is 574. The van der Waals surface area contributed by atoms with E-state index in [-0.39, 0.29) is 12.0 Å². The predicted octanol–water partition coefficient (Wildman–Crippen LogP) is 3.93. The summed E-state index contributed by atoms with van der Waals surface area (Å²) < 4.78 is 0.854. The smallest absolute Gasteiger partial charge is 0.305 e. The van der Waals surface area contributed by atoms with Crippen molar-refractivity contribution in [3.8, 4) is 6.07 Å². The van der Waals surface area contributed by atoms with E-state index in [2.05, 4.69) is 22.0 Å². The number of hydrogen-bond acceptors (Lipinski definition) is 3. The van der Waals surface area contributed by atoms with Crippen LogP contribution in [-0.4, -0.2) is 23.7 Å². The van der Waals surface area contributed by atoms with Gasteiger partial charge in [-0.25, -0.2) is 0 Å². The number of carboxylic acid groups (broad SMARTS) is 1. The molecule has 0 heterocycles. The molecular formula is C16H19BrN2O2. The minimum Gasteiger partial charge on any atom is -0.481 e. The minimum absolute atomic E-state index is 0.116. The average Bonchev–Trinajstić information content (AvgIpc) is 2.46. The number of halogens is 1. The number of nitriles is 1. The Labute approximate surface area is 133 Å². The summed E-state index contributed by atoms with van der Waals surface area (Å²) in [6, 6.07) is 7.77. The molecule has 0 amide bonds. The van der Waals surface area contributed by atoms with Gasteiger partial charge in [0.1, 0.15) is 6.07 Å². The third-order valence-electron chi connectivity index (χ3n) is 4.42. The van der Waals surface area contributed by atoms with Gasteiger partial charge >= 0.3 is 5.97 Å². The molecule has 0 atom stereocenters. The van der Waals surface area contributed by atoms with Crippen LogP contribution in [0.3, 0.4) is 0 Å². The molecule has 0 aliphatic heterocycles. The van der Waals surface area contributed by atoms with E-state index < -0.39 is 5.97 Å². The van der Waals surface area contributed by atoms with Gasteiger partial charge in [-0.1, -0.05) is 35.2 Å². The Hall–Kier alpha value is -1.54. The SMILES string of the molecule is CN(c1ccc(Br)cc1C#N)C1(CC(=O)O)CCCCC1. The highest BCUT2D eigenvalue weighted by Crippen LogP contribution is 2.39. The van der Waals surface area contributed by atoms with Crippen molar-refractivity contribution < 1.29 is 9.90 Å². The fraction of sp³-hybridized carbons (Fsp3) is 0.500. The van der Waals surface area contributed by atoms with Gasteiger partial charge in [-0.3, -0.25) is 4.79 Å². The molecule has 2 rings (SSSR count). The minimum atomic E-state index is -0.778. The summed E-state index contributed by atoms with van der Waals surface area (Å²) in [5.74, 6) is -0.778. The highest BCUT2D eigenvalue weighted by atomic mass is 79.9. The molecule has 1 N–H and O–H groups in total. The molecule has 1 aromatic carbocycles. The number of benzene rings is 1. The second-order valence-electron chi connectivity index (χ2n) is 5.69. The van der Waals surface area contributed by atoms with Gasteiger partial charge in [0, 0.05) is 11.5 Å². The molecule has 0 unspecified atom stereocenters. The molecule has 0 aromatic heterocycles. The van der Waals surface area contributed by atoms with E-state index >= 15 is 0 Å². The first kappa shape index (κ1) is 15.8. The summed E-state index contributed by atoms with van der Waals surface area (Å²) in [5.41, 5.74) is 0.995. The number of hydrogen-bond donors (Lipinski definition) is 1. The molecule has 1 saturated carbocycles. The van der Waals surface area contributed by atoms with Crippen molar-refractivity contribution >= 4 is 27.6 Å². The zero-order valence-electron chi connectivity index (χ0n) is 12.1. The molecular weight excluding hydrogens is 332 g/mol. The van der Waals surface area contributed by atoms with Gasteiger partial charge in [0.25, 0.3) is 0 Å². The maximum atomic E-state index is 11.3. The topological polar surface area (TPSA) is 64.3 Å². The third-order valence-corrected chi connectivity index (χ3v) is 4.91. The molecule has 1 aliphatic carbocycles. The van der Waals surface area contributed by atoms with Crippen LogP contribution in [0.25, 0.3) is 0 Å². The van der Waals surface area contributed by atoms with E-state index in [0.717, 1.165) is 42.3 Å². The summed E-state index contributed by atoms with van der Waals surface area (Å²) in [4.78, 5) is 13.3. The molecule has 4 nitrogen and oxygen atoms in total. The van der Waals surface area contributed by atoms with Crippen LogP contribution < -0.4 is 4.90 Å². The molecule has 1 aromatic rings. The monoisotopic (exact) mass is 350 g/mol. The lowest BCUT2D eigenvalue weighted by molar-refractivity contribution is -0.138. The number of rotatable bonds is 4. The van der Waals surface area contributed by atoms with Crippen LogP contribution in [0.15, 0.2) is 22.7 Å². The van der Waals surface area contributed by atoms with Crippen molar-refractivity contribution in [2.45, 2.75) is 44.1 Å². The van der Waals surface area contributed by atoms with E-state index in [1.54, 1.807) is 6.07 Å². The number of carboxylic acids is 1. The summed E-state index contributed by atoms with van der Waals surface area (Å²) >= 11 is 3.37. The lowest BCUT2D eigenvalue weighted by Crippen LogP contribution is -2.50. The van der Waals surface area contributed by atoms with Gasteiger partial charge in [-0.15, -0.1) is 0 Å². The Balaban J connectivity index is 2.41. The summed E-state index contributed by atoms with van der Waals surface area (Å²) in [7, 11) is 1.92. The van der Waals surface area contributed by atoms with Crippen molar-refractivity contribution in [1.29, 1.82) is 5.26 Å². The van der Waals surface area contributed by atoms with E-state index in [1.165, 1.54) is 0 Å². The van der Waals surface area contributed by atoms with Gasteiger partial charge < -0.3 is 10.0 Å². The van der Waals surface area contributed by atoms with Crippen molar-refractivity contribution in [3.63, 3.8) is 0 Å². The third kappa shape index (κ3) is 3.38. The molecule has 0 bridgehead atoms. The standard InChI is InChI=1S/C16H19BrN2O2/c1-19(14-6-5-13(17)9-12(14)11-18)16(10-15(20)21)7-3-2-4-8-16/h5-6,9H,2-4,7-8,10H2,1H3,(H,20,21). The quantitative estimate of drug-likeness (QED) is 0.893. The number of anilines is 1. The van der Waals surface area contributed by atoms with E-state index in [4.69, 9.17) is 0 Å². The Kier molecular flexibility index (Phi) is 4.89. The average molecular weight is 351 g/mol. The van der Waals surface area contributed by atoms with Gasteiger partial charge in [-0.05, 0) is 31.0 Å². The first-order chi connectivity index (χ1) is 9.98. The molecule has 0 spiro atoms. The van der Waals surface area contributed by atoms with Gasteiger partial charge in [-0.2, -0.15) is 5.26 Å². The highest BCUT2D eigenvalue weighted by Gasteiger charge is 2.39. The summed E-state index contributed by atoms with van der Waals surface area (Å²) in [6.45, 7) is 0. The second-order valence-corrected chi connectivity index (χ2v) is 6.60. The summed E-state index contributed by atoms with van der Waals surface area (Å²) in [5, 5.41) is 18.6. The number of nitrogens with zero attached hydrogens (tertiary/aromatic N) is 2. The molecule has 0 radical (unpaired) electrons. The molecule has 5 heteroatoms. The molecule has 21 heavy (non-hydrogen) atoms. The molecule has 112 valence electrons. The Morgan fingerprint density at radius 3 is 2.67 bits per heavy atom. The fourth-order valence-electron chi connectivity index (χ4n) is 3.27. The first-order valence-electron chi connectivity index (χ1n) is 7.14. The Morgan fingerprint density at radius 2 is 2.10 bits per heavy atom. The van der Waals surface area contributed by atoms with Crippen molar-refractivity contribution in [3.05, 3.63) is 28.2 Å². The van der Waals surface area contributed by atoms with Crippen LogP contribution in [0.4, 0.5) is 5.69 Å².